The normalized spacial score (nSPS) is 11.2. The number of ether oxygens (including phenoxy) is 1. The van der Waals surface area contributed by atoms with E-state index in [4.69, 9.17) is 9.15 Å². The van der Waals surface area contributed by atoms with Crippen LogP contribution < -0.4 is 5.63 Å². The van der Waals surface area contributed by atoms with Gasteiger partial charge in [0.2, 0.25) is 0 Å². The molecule has 3 aromatic rings. The van der Waals surface area contributed by atoms with Gasteiger partial charge in [-0.25, -0.2) is 9.59 Å². The molecule has 4 nitrogen and oxygen atoms in total. The van der Waals surface area contributed by atoms with Crippen molar-refractivity contribution in [1.29, 1.82) is 0 Å². The Morgan fingerprint density at radius 3 is 2.79 bits per heavy atom. The number of hydrogen-bond donors (Lipinski definition) is 0. The molecule has 0 unspecified atom stereocenters. The summed E-state index contributed by atoms with van der Waals surface area (Å²) in [4.78, 5) is 23.6. The molecule has 24 heavy (non-hydrogen) atoms. The summed E-state index contributed by atoms with van der Waals surface area (Å²) in [5.74, 6) is -0.452. The number of aryl methyl sites for hydroxylation is 2. The Balaban J connectivity index is 1.81. The van der Waals surface area contributed by atoms with E-state index < -0.39 is 11.6 Å². The molecule has 3 rings (SSSR count). The summed E-state index contributed by atoms with van der Waals surface area (Å²) in [7, 11) is 0. The summed E-state index contributed by atoms with van der Waals surface area (Å²) in [6.45, 7) is 3.97. The van der Waals surface area contributed by atoms with Crippen molar-refractivity contribution in [3.05, 3.63) is 73.8 Å². The van der Waals surface area contributed by atoms with Crippen molar-refractivity contribution in [1.82, 2.24) is 0 Å². The van der Waals surface area contributed by atoms with Crippen molar-refractivity contribution >= 4 is 34.4 Å². The molecule has 2 aromatic heterocycles. The van der Waals surface area contributed by atoms with Crippen molar-refractivity contribution in [2.24, 2.45) is 0 Å². The van der Waals surface area contributed by atoms with Crippen molar-refractivity contribution in [2.45, 2.75) is 20.5 Å². The van der Waals surface area contributed by atoms with E-state index in [1.165, 1.54) is 12.1 Å². The van der Waals surface area contributed by atoms with Crippen molar-refractivity contribution in [3.63, 3.8) is 0 Å². The van der Waals surface area contributed by atoms with Gasteiger partial charge in [0, 0.05) is 23.1 Å². The van der Waals surface area contributed by atoms with Crippen LogP contribution in [0.1, 0.15) is 22.3 Å². The molecule has 0 aliphatic rings. The van der Waals surface area contributed by atoms with Crippen LogP contribution in [0.5, 0.6) is 0 Å². The van der Waals surface area contributed by atoms with Crippen molar-refractivity contribution < 1.29 is 13.9 Å². The average Bonchev–Trinajstić information content (AvgIpc) is 3.06. The summed E-state index contributed by atoms with van der Waals surface area (Å²) in [6, 6.07) is 7.05. The molecule has 0 N–H and O–H groups in total. The number of fused-ring (bicyclic) bond motifs is 1. The van der Waals surface area contributed by atoms with Crippen LogP contribution in [0, 0.1) is 13.8 Å². The molecule has 0 atom stereocenters. The lowest BCUT2D eigenvalue weighted by Gasteiger charge is -2.08. The Labute approximate surface area is 143 Å². The molecule has 0 radical (unpaired) electrons. The number of hydrogen-bond acceptors (Lipinski definition) is 5. The molecule has 0 spiro atoms. The van der Waals surface area contributed by atoms with Crippen LogP contribution in [0.25, 0.3) is 17.0 Å². The number of carbonyl (C=O) groups excluding carboxylic acids is 1. The van der Waals surface area contributed by atoms with E-state index in [1.54, 1.807) is 17.4 Å². The zero-order chi connectivity index (χ0) is 17.1. The van der Waals surface area contributed by atoms with E-state index in [9.17, 15) is 9.59 Å². The predicted molar refractivity (Wildman–Crippen MR) is 95.1 cm³/mol. The zero-order valence-electron chi connectivity index (χ0n) is 13.4. The lowest BCUT2D eigenvalue weighted by molar-refractivity contribution is -0.138. The van der Waals surface area contributed by atoms with Gasteiger partial charge >= 0.3 is 11.6 Å². The highest BCUT2D eigenvalue weighted by atomic mass is 32.1. The van der Waals surface area contributed by atoms with E-state index in [-0.39, 0.29) is 6.61 Å². The third-order valence-corrected chi connectivity index (χ3v) is 4.47. The van der Waals surface area contributed by atoms with Gasteiger partial charge < -0.3 is 9.15 Å². The Morgan fingerprint density at radius 1 is 1.25 bits per heavy atom. The topological polar surface area (TPSA) is 56.5 Å². The predicted octanol–water partition coefficient (Wildman–Crippen LogP) is 4.23. The van der Waals surface area contributed by atoms with Gasteiger partial charge in [-0.15, -0.1) is 0 Å². The SMILES string of the molecule is Cc1cc2oc(=O)cc(COC(=O)/C=C/c3ccsc3)c2cc1C. The molecular formula is C19H16O4S. The molecule has 0 fully saturated rings. The van der Waals surface area contributed by atoms with Crippen LogP contribution in [-0.2, 0) is 16.1 Å². The molecule has 0 saturated heterocycles. The fourth-order valence-electron chi connectivity index (χ4n) is 2.33. The fourth-order valence-corrected chi connectivity index (χ4v) is 2.96. The quantitative estimate of drug-likeness (QED) is 0.405. The summed E-state index contributed by atoms with van der Waals surface area (Å²) >= 11 is 1.56. The maximum absolute atomic E-state index is 11.8. The van der Waals surface area contributed by atoms with Crippen LogP contribution in [-0.4, -0.2) is 5.97 Å². The first-order chi connectivity index (χ1) is 11.5. The number of rotatable bonds is 4. The van der Waals surface area contributed by atoms with Crippen LogP contribution in [0.4, 0.5) is 0 Å². The largest absolute Gasteiger partial charge is 0.458 e. The second kappa shape index (κ2) is 6.84. The third kappa shape index (κ3) is 3.63. The van der Waals surface area contributed by atoms with E-state index in [1.807, 2.05) is 42.8 Å². The summed E-state index contributed by atoms with van der Waals surface area (Å²) < 4.78 is 10.5. The van der Waals surface area contributed by atoms with Gasteiger partial charge in [-0.05, 0) is 65.6 Å². The third-order valence-electron chi connectivity index (χ3n) is 3.77. The highest BCUT2D eigenvalue weighted by Crippen LogP contribution is 2.22. The monoisotopic (exact) mass is 340 g/mol. The first kappa shape index (κ1) is 16.2. The van der Waals surface area contributed by atoms with Crippen LogP contribution in [0.3, 0.4) is 0 Å². The van der Waals surface area contributed by atoms with Crippen LogP contribution >= 0.6 is 11.3 Å². The highest BCUT2D eigenvalue weighted by Gasteiger charge is 2.09. The van der Waals surface area contributed by atoms with E-state index in [0.29, 0.717) is 11.1 Å². The van der Waals surface area contributed by atoms with Crippen LogP contribution in [0.2, 0.25) is 0 Å². The van der Waals surface area contributed by atoms with Gasteiger partial charge in [-0.2, -0.15) is 11.3 Å². The van der Waals surface area contributed by atoms with Crippen molar-refractivity contribution in [2.75, 3.05) is 0 Å². The van der Waals surface area contributed by atoms with E-state index in [0.717, 1.165) is 22.1 Å². The Bertz CT molecular complexity index is 965. The Morgan fingerprint density at radius 2 is 2.04 bits per heavy atom. The minimum atomic E-state index is -0.453. The molecule has 5 heteroatoms. The minimum absolute atomic E-state index is 0.0252. The first-order valence-corrected chi connectivity index (χ1v) is 8.38. The fraction of sp³-hybridized carbons (Fsp3) is 0.158. The summed E-state index contributed by atoms with van der Waals surface area (Å²) in [6.07, 6.45) is 3.08. The number of carbonyl (C=O) groups is 1. The van der Waals surface area contributed by atoms with Crippen LogP contribution in [0.15, 0.2) is 50.3 Å². The van der Waals surface area contributed by atoms with Gasteiger partial charge in [0.1, 0.15) is 12.2 Å². The number of thiophene rings is 1. The van der Waals surface area contributed by atoms with E-state index in [2.05, 4.69) is 0 Å². The number of benzene rings is 1. The lowest BCUT2D eigenvalue weighted by Crippen LogP contribution is -2.06. The number of esters is 1. The second-order valence-electron chi connectivity index (χ2n) is 5.52. The molecule has 1 aromatic carbocycles. The Hall–Kier alpha value is -2.66. The molecule has 0 saturated carbocycles. The smallest absolute Gasteiger partial charge is 0.336 e. The maximum Gasteiger partial charge on any atom is 0.336 e. The molecule has 0 bridgehead atoms. The zero-order valence-corrected chi connectivity index (χ0v) is 14.2. The average molecular weight is 340 g/mol. The van der Waals surface area contributed by atoms with E-state index >= 15 is 0 Å². The molecule has 0 aliphatic carbocycles. The molecule has 2 heterocycles. The minimum Gasteiger partial charge on any atom is -0.458 e. The maximum atomic E-state index is 11.8. The van der Waals surface area contributed by atoms with Gasteiger partial charge in [0.15, 0.2) is 0 Å². The first-order valence-electron chi connectivity index (χ1n) is 7.44. The summed E-state index contributed by atoms with van der Waals surface area (Å²) in [5, 5.41) is 4.66. The molecule has 0 amide bonds. The van der Waals surface area contributed by atoms with Gasteiger partial charge in [-0.1, -0.05) is 0 Å². The second-order valence-corrected chi connectivity index (χ2v) is 6.30. The molecular weight excluding hydrogens is 324 g/mol. The van der Waals surface area contributed by atoms with Gasteiger partial charge in [0.25, 0.3) is 0 Å². The van der Waals surface area contributed by atoms with Gasteiger partial charge in [-0.3, -0.25) is 0 Å². The highest BCUT2D eigenvalue weighted by molar-refractivity contribution is 7.08. The lowest BCUT2D eigenvalue weighted by atomic mass is 10.0. The Kier molecular flexibility index (Phi) is 4.62. The standard InChI is InChI=1S/C19H16O4S/c1-12-7-16-15(9-19(21)23-17(16)8-13(12)2)10-22-18(20)4-3-14-5-6-24-11-14/h3-9,11H,10H2,1-2H3/b4-3+. The van der Waals surface area contributed by atoms with Gasteiger partial charge in [0.05, 0.1) is 0 Å². The molecule has 0 aliphatic heterocycles. The van der Waals surface area contributed by atoms with Crippen molar-refractivity contribution in [3.8, 4) is 0 Å². The summed E-state index contributed by atoms with van der Waals surface area (Å²) in [5.41, 5.74) is 3.77. The molecule has 122 valence electrons.